The Morgan fingerprint density at radius 2 is 1.46 bits per heavy atom. The first-order valence-electron chi connectivity index (χ1n) is 27.7. The molecule has 5 heterocycles. The fourth-order valence-electron chi connectivity index (χ4n) is 10.8. The van der Waals surface area contributed by atoms with Gasteiger partial charge in [0.2, 0.25) is 29.6 Å². The van der Waals surface area contributed by atoms with E-state index in [0.717, 1.165) is 33.8 Å². The van der Waals surface area contributed by atoms with Gasteiger partial charge >= 0.3 is 6.18 Å². The summed E-state index contributed by atoms with van der Waals surface area (Å²) in [6.07, 6.45) is 0.0261. The van der Waals surface area contributed by atoms with Crippen LogP contribution < -0.4 is 25.8 Å². The molecule has 0 spiro atoms. The number of benzene rings is 3. The van der Waals surface area contributed by atoms with E-state index in [1.54, 1.807) is 21.7 Å². The molecule has 440 valence electrons. The Morgan fingerprint density at radius 1 is 0.805 bits per heavy atom. The van der Waals surface area contributed by atoms with Crippen LogP contribution in [0.3, 0.4) is 0 Å². The Hall–Kier alpha value is -7.11. The number of carbonyl (C=O) groups excluding carboxylic acids is 5. The first-order chi connectivity index (χ1) is 38.9. The summed E-state index contributed by atoms with van der Waals surface area (Å²) in [7, 11) is 1.96. The molecule has 3 aliphatic rings. The number of β-amino-alcohol motifs (C(OH)–C–C–N with tert-alkyl or cyclic N) is 1. The van der Waals surface area contributed by atoms with Gasteiger partial charge in [0.1, 0.15) is 23.7 Å². The van der Waals surface area contributed by atoms with Gasteiger partial charge < -0.3 is 40.7 Å². The Morgan fingerprint density at radius 3 is 2.09 bits per heavy atom. The summed E-state index contributed by atoms with van der Waals surface area (Å²) in [5, 5.41) is 19.0. The maximum Gasteiger partial charge on any atom is 0.417 e. The molecular formula is C59H72F5N11O6S. The third-order valence-electron chi connectivity index (χ3n) is 15.7. The topological polar surface area (TPSA) is 197 Å². The van der Waals surface area contributed by atoms with E-state index in [2.05, 4.69) is 35.8 Å². The van der Waals surface area contributed by atoms with Crippen LogP contribution in [0.4, 0.5) is 39.3 Å². The Balaban J connectivity index is 0.789. The van der Waals surface area contributed by atoms with Crippen molar-refractivity contribution in [2.24, 2.45) is 5.41 Å². The van der Waals surface area contributed by atoms with E-state index in [0.29, 0.717) is 77.3 Å². The minimum absolute atomic E-state index is 0.00733. The Labute approximate surface area is 478 Å². The molecule has 82 heavy (non-hydrogen) atoms. The zero-order chi connectivity index (χ0) is 59.2. The number of carbonyl (C=O) groups is 5. The number of alkyl halides is 3. The van der Waals surface area contributed by atoms with Gasteiger partial charge in [-0.3, -0.25) is 28.9 Å². The monoisotopic (exact) mass is 1160 g/mol. The van der Waals surface area contributed by atoms with Gasteiger partial charge in [-0.2, -0.15) is 13.2 Å². The molecule has 0 radical (unpaired) electrons. The number of thiazole rings is 1. The summed E-state index contributed by atoms with van der Waals surface area (Å²) in [6.45, 7) is 14.2. The first-order valence-corrected chi connectivity index (χ1v) is 28.6. The maximum atomic E-state index is 16.2. The molecule has 3 saturated heterocycles. The molecule has 5 amide bonds. The molecule has 5 atom stereocenters. The molecule has 23 heteroatoms. The van der Waals surface area contributed by atoms with E-state index < -0.39 is 64.4 Å². The van der Waals surface area contributed by atoms with Crippen LogP contribution in [0.5, 0.6) is 0 Å². The maximum absolute atomic E-state index is 16.2. The molecule has 0 aliphatic carbocycles. The number of anilines is 3. The van der Waals surface area contributed by atoms with Crippen molar-refractivity contribution < 1.29 is 51.0 Å². The zero-order valence-corrected chi connectivity index (χ0v) is 48.1. The third kappa shape index (κ3) is 14.7. The summed E-state index contributed by atoms with van der Waals surface area (Å²) >= 11 is 1.56. The van der Waals surface area contributed by atoms with Gasteiger partial charge in [-0.1, -0.05) is 57.9 Å². The molecule has 5 aromatic rings. The number of likely N-dealkylation sites (tertiary alicyclic amines) is 1. The van der Waals surface area contributed by atoms with Crippen LogP contribution in [0.2, 0.25) is 0 Å². The van der Waals surface area contributed by atoms with Gasteiger partial charge in [0.15, 0.2) is 0 Å². The van der Waals surface area contributed by atoms with Crippen LogP contribution in [0.25, 0.3) is 21.6 Å². The molecule has 3 fully saturated rings. The lowest BCUT2D eigenvalue weighted by molar-refractivity contribution is -0.144. The number of hydrogen-bond acceptors (Lipinski definition) is 13. The van der Waals surface area contributed by atoms with Crippen LogP contribution >= 0.6 is 11.3 Å². The quantitative estimate of drug-likeness (QED) is 0.0484. The SMILES string of the molecule is Cc1ncsc1-c1ccc(CNC(=O)[C@@H]2C[C@@H](O)CN2C(=O)[C@@H](NC(=O)CCCCCCC(=O)N2CCN(c3ncc(-c4cc(NC(=O)c5ccc(F)cc5C(F)(F)F)c(N5C[C@@H](C)N(C)[C@@H](C)C5)cc4F)cn3)CC2)C(C)(C)C)cc1. The number of aryl methyl sites for hydroxylation is 1. The minimum atomic E-state index is -5.03. The molecule has 17 nitrogen and oxygen atoms in total. The van der Waals surface area contributed by atoms with E-state index in [9.17, 15) is 46.6 Å². The molecule has 2 aromatic heterocycles. The highest BCUT2D eigenvalue weighted by Crippen LogP contribution is 2.38. The van der Waals surface area contributed by atoms with Gasteiger partial charge in [0.25, 0.3) is 5.91 Å². The number of amides is 5. The minimum Gasteiger partial charge on any atom is -0.391 e. The van der Waals surface area contributed by atoms with Crippen molar-refractivity contribution in [1.29, 1.82) is 0 Å². The highest BCUT2D eigenvalue weighted by molar-refractivity contribution is 7.13. The Bertz CT molecular complexity index is 3080. The average Bonchev–Trinajstić information content (AvgIpc) is 4.14. The molecule has 8 rings (SSSR count). The number of piperazine rings is 2. The number of aliphatic hydroxyl groups is 1. The van der Waals surface area contributed by atoms with Crippen molar-refractivity contribution in [3.8, 4) is 21.6 Å². The highest BCUT2D eigenvalue weighted by atomic mass is 32.1. The number of halogens is 5. The number of nitrogens with zero attached hydrogens (tertiary/aromatic N) is 8. The number of aliphatic hydroxyl groups excluding tert-OH is 1. The van der Waals surface area contributed by atoms with Crippen molar-refractivity contribution in [2.75, 3.05) is 68.0 Å². The third-order valence-corrected chi connectivity index (χ3v) is 16.7. The molecule has 4 N–H and O–H groups in total. The van der Waals surface area contributed by atoms with Crippen LogP contribution in [-0.2, 0) is 31.9 Å². The number of aromatic nitrogens is 3. The fourth-order valence-corrected chi connectivity index (χ4v) is 11.6. The van der Waals surface area contributed by atoms with Crippen molar-refractivity contribution in [3.05, 3.63) is 107 Å². The normalized spacial score (nSPS) is 19.3. The van der Waals surface area contributed by atoms with Crippen LogP contribution in [0.15, 0.2) is 72.5 Å². The fraction of sp³-hybridized carbons (Fsp3) is 0.492. The summed E-state index contributed by atoms with van der Waals surface area (Å²) in [4.78, 5) is 91.2. The largest absolute Gasteiger partial charge is 0.417 e. The van der Waals surface area contributed by atoms with Gasteiger partial charge in [-0.05, 0) is 87.5 Å². The lowest BCUT2D eigenvalue weighted by atomic mass is 9.85. The smallest absolute Gasteiger partial charge is 0.391 e. The molecule has 0 bridgehead atoms. The number of hydrogen-bond donors (Lipinski definition) is 4. The summed E-state index contributed by atoms with van der Waals surface area (Å²) in [5.41, 5.74) is 2.26. The van der Waals surface area contributed by atoms with Crippen molar-refractivity contribution in [3.63, 3.8) is 0 Å². The van der Waals surface area contributed by atoms with Crippen LogP contribution in [0.1, 0.15) is 107 Å². The summed E-state index contributed by atoms with van der Waals surface area (Å²) < 4.78 is 72.1. The van der Waals surface area contributed by atoms with Gasteiger partial charge in [0, 0.05) is 107 Å². The lowest BCUT2D eigenvalue weighted by Crippen LogP contribution is -2.57. The summed E-state index contributed by atoms with van der Waals surface area (Å²) in [6, 6.07) is 10.4. The number of nitrogens with one attached hydrogen (secondary N) is 3. The standard InChI is InChI=1S/C59H72F5N11O6S/c1-35-31-74(32-36(2)71(35)7)48-27-46(61)44(26-47(48)69-54(79)43-19-18-41(60)24-45(43)59(62,63)64)40-29-66-57(67-30-40)73-22-20-72(21-23-73)51(78)13-11-9-8-10-12-50(77)70-53(58(4,5)6)56(81)75-33-42(76)25-49(75)55(80)65-28-38-14-16-39(17-15-38)52-37(3)68-34-82-52/h14-19,24,26-27,29-30,34-36,42,49,53,76H,8-13,20-23,25,28,31-33H2,1-7H3,(H,65,80)(H,69,79)(H,70,77)/t35-,36+,42-,49+,53-/m1/s1. The number of rotatable bonds is 18. The van der Waals surface area contributed by atoms with Gasteiger partial charge in [-0.15, -0.1) is 11.3 Å². The molecule has 3 aromatic carbocycles. The average molecular weight is 1160 g/mol. The van der Waals surface area contributed by atoms with Crippen LogP contribution in [-0.4, -0.2) is 147 Å². The molecular weight excluding hydrogens is 1090 g/mol. The first kappa shape index (κ1) is 61.0. The van der Waals surface area contributed by atoms with Crippen molar-refractivity contribution in [2.45, 2.75) is 129 Å². The van der Waals surface area contributed by atoms with Crippen molar-refractivity contribution in [1.82, 2.24) is 40.3 Å². The molecule has 3 aliphatic heterocycles. The predicted molar refractivity (Wildman–Crippen MR) is 304 cm³/mol. The summed E-state index contributed by atoms with van der Waals surface area (Å²) in [5.74, 6) is -3.77. The van der Waals surface area contributed by atoms with E-state index in [-0.39, 0.29) is 84.3 Å². The van der Waals surface area contributed by atoms with Crippen LogP contribution in [0, 0.1) is 24.0 Å². The molecule has 0 unspecified atom stereocenters. The molecule has 0 saturated carbocycles. The number of likely N-dealkylation sites (N-methyl/N-ethyl adjacent to an activating group) is 1. The predicted octanol–water partition coefficient (Wildman–Crippen LogP) is 8.45. The second-order valence-electron chi connectivity index (χ2n) is 22.8. The van der Waals surface area contributed by atoms with Gasteiger partial charge in [-0.25, -0.2) is 23.7 Å². The Kier molecular flexibility index (Phi) is 19.3. The lowest BCUT2D eigenvalue weighted by Gasteiger charge is -2.44. The second-order valence-corrected chi connectivity index (χ2v) is 23.6. The highest BCUT2D eigenvalue weighted by Gasteiger charge is 2.45. The zero-order valence-electron chi connectivity index (χ0n) is 47.3. The number of unbranched alkanes of at least 4 members (excludes halogenated alkanes) is 3. The van der Waals surface area contributed by atoms with E-state index >= 15 is 4.39 Å². The van der Waals surface area contributed by atoms with Gasteiger partial charge in [0.05, 0.1) is 44.7 Å². The van der Waals surface area contributed by atoms with E-state index in [4.69, 9.17) is 0 Å². The van der Waals surface area contributed by atoms with E-state index in [1.807, 2.05) is 82.7 Å². The second kappa shape index (κ2) is 26.0. The van der Waals surface area contributed by atoms with E-state index in [1.165, 1.54) is 29.4 Å². The van der Waals surface area contributed by atoms with Crippen molar-refractivity contribution >= 4 is 58.2 Å².